The number of aromatic nitrogens is 1. The van der Waals surface area contributed by atoms with Crippen LogP contribution in [0.2, 0.25) is 0 Å². The molecule has 0 unspecified atom stereocenters. The van der Waals surface area contributed by atoms with Crippen molar-refractivity contribution in [2.24, 2.45) is 0 Å². The number of nitrogens with zero attached hydrogens (tertiary/aromatic N) is 1. The van der Waals surface area contributed by atoms with Gasteiger partial charge in [0.25, 0.3) is 0 Å². The van der Waals surface area contributed by atoms with E-state index in [4.69, 9.17) is 4.74 Å². The van der Waals surface area contributed by atoms with E-state index < -0.39 is 5.60 Å². The third-order valence-corrected chi connectivity index (χ3v) is 1.51. The maximum absolute atomic E-state index is 11.6. The molecule has 0 N–H and O–H groups in total. The predicted molar refractivity (Wildman–Crippen MR) is 54.1 cm³/mol. The van der Waals surface area contributed by atoms with Gasteiger partial charge in [-0.25, -0.2) is 4.79 Å². The number of carbonyl (C=O) groups excluding carboxylic acids is 1. The highest BCUT2D eigenvalue weighted by molar-refractivity contribution is 5.89. The molecule has 14 heavy (non-hydrogen) atoms. The maximum Gasteiger partial charge on any atom is 0.340 e. The minimum Gasteiger partial charge on any atom is -0.456 e. The molecule has 3 heteroatoms. The number of rotatable bonds is 1. The Balaban J connectivity index is 2.80. The Labute approximate surface area is 84.1 Å². The highest BCUT2D eigenvalue weighted by Gasteiger charge is 2.17. The van der Waals surface area contributed by atoms with Gasteiger partial charge < -0.3 is 4.74 Å². The Morgan fingerprint density at radius 2 is 2.00 bits per heavy atom. The van der Waals surface area contributed by atoms with E-state index in [1.54, 1.807) is 12.3 Å². The topological polar surface area (TPSA) is 39.2 Å². The number of hydrogen-bond donors (Lipinski definition) is 0. The molecule has 1 heterocycles. The number of carbonyl (C=O) groups is 1. The lowest BCUT2D eigenvalue weighted by Gasteiger charge is -2.19. The van der Waals surface area contributed by atoms with Crippen LogP contribution in [0.4, 0.5) is 0 Å². The van der Waals surface area contributed by atoms with Crippen LogP contribution < -0.4 is 0 Å². The van der Waals surface area contributed by atoms with Crippen molar-refractivity contribution < 1.29 is 9.53 Å². The van der Waals surface area contributed by atoms with Gasteiger partial charge in [0.15, 0.2) is 0 Å². The molecule has 1 aromatic rings. The van der Waals surface area contributed by atoms with Gasteiger partial charge >= 0.3 is 5.97 Å². The van der Waals surface area contributed by atoms with Crippen LogP contribution in [0.5, 0.6) is 0 Å². The van der Waals surface area contributed by atoms with Gasteiger partial charge in [-0.1, -0.05) is 0 Å². The lowest BCUT2D eigenvalue weighted by atomic mass is 10.2. The zero-order valence-electron chi connectivity index (χ0n) is 9.00. The molecule has 0 saturated heterocycles. The molecule has 0 aliphatic heterocycles. The smallest absolute Gasteiger partial charge is 0.340 e. The van der Waals surface area contributed by atoms with Crippen LogP contribution in [0.3, 0.4) is 0 Å². The molecule has 1 aromatic heterocycles. The van der Waals surface area contributed by atoms with Crippen molar-refractivity contribution in [3.8, 4) is 0 Å². The van der Waals surface area contributed by atoms with Crippen LogP contribution in [-0.4, -0.2) is 16.6 Å². The first kappa shape index (κ1) is 10.7. The van der Waals surface area contributed by atoms with Gasteiger partial charge in [-0.3, -0.25) is 4.98 Å². The number of pyridine rings is 1. The molecule has 3 nitrogen and oxygen atoms in total. The maximum atomic E-state index is 11.6. The summed E-state index contributed by atoms with van der Waals surface area (Å²) in [6, 6.07) is 1.76. The fourth-order valence-corrected chi connectivity index (χ4v) is 1.00. The fraction of sp³-hybridized carbons (Fsp3) is 0.455. The molecule has 76 valence electrons. The van der Waals surface area contributed by atoms with Gasteiger partial charge in [-0.15, -0.1) is 0 Å². The number of esters is 1. The molecule has 1 rings (SSSR count). The summed E-state index contributed by atoms with van der Waals surface area (Å²) in [5.74, 6) is -0.325. The van der Waals surface area contributed by atoms with E-state index in [1.807, 2.05) is 27.7 Å². The molecule has 0 atom stereocenters. The van der Waals surface area contributed by atoms with Gasteiger partial charge in [-0.2, -0.15) is 0 Å². The summed E-state index contributed by atoms with van der Waals surface area (Å²) in [5.41, 5.74) is 0.995. The lowest BCUT2D eigenvalue weighted by Crippen LogP contribution is -2.24. The van der Waals surface area contributed by atoms with E-state index in [2.05, 4.69) is 4.98 Å². The molecule has 0 amide bonds. The van der Waals surface area contributed by atoms with Crippen molar-refractivity contribution >= 4 is 5.97 Å². The van der Waals surface area contributed by atoms with Gasteiger partial charge in [0.2, 0.25) is 0 Å². The molecular weight excluding hydrogens is 178 g/mol. The number of ether oxygens (including phenoxy) is 1. The third-order valence-electron chi connectivity index (χ3n) is 1.51. The van der Waals surface area contributed by atoms with Crippen molar-refractivity contribution in [3.05, 3.63) is 29.6 Å². The average Bonchev–Trinajstić information content (AvgIpc) is 2.01. The van der Waals surface area contributed by atoms with Crippen LogP contribution in [0.1, 0.15) is 36.7 Å². The average molecular weight is 193 g/mol. The summed E-state index contributed by atoms with van der Waals surface area (Å²) in [6.07, 6.45) is 3.22. The van der Waals surface area contributed by atoms with E-state index in [-0.39, 0.29) is 5.97 Å². The SMILES string of the molecule is Cc1cncc(C(=O)OC(C)(C)C)c1. The highest BCUT2D eigenvalue weighted by Crippen LogP contribution is 2.11. The van der Waals surface area contributed by atoms with Gasteiger partial charge in [0.1, 0.15) is 5.60 Å². The second-order valence-corrected chi connectivity index (χ2v) is 4.25. The first-order valence-electron chi connectivity index (χ1n) is 4.53. The summed E-state index contributed by atoms with van der Waals surface area (Å²) >= 11 is 0. The minimum atomic E-state index is -0.458. The molecule has 0 saturated carbocycles. The summed E-state index contributed by atoms with van der Waals surface area (Å²) in [7, 11) is 0. The molecule has 0 fully saturated rings. The van der Waals surface area contributed by atoms with Crippen molar-refractivity contribution in [2.75, 3.05) is 0 Å². The van der Waals surface area contributed by atoms with Crippen molar-refractivity contribution in [2.45, 2.75) is 33.3 Å². The van der Waals surface area contributed by atoms with E-state index >= 15 is 0 Å². The second kappa shape index (κ2) is 3.78. The molecule has 0 aliphatic rings. The second-order valence-electron chi connectivity index (χ2n) is 4.25. The first-order chi connectivity index (χ1) is 6.38. The van der Waals surface area contributed by atoms with Crippen LogP contribution in [-0.2, 0) is 4.74 Å². The monoisotopic (exact) mass is 193 g/mol. The highest BCUT2D eigenvalue weighted by atomic mass is 16.6. The molecule has 0 aliphatic carbocycles. The zero-order valence-corrected chi connectivity index (χ0v) is 9.00. The fourth-order valence-electron chi connectivity index (χ4n) is 1.00. The molecule has 0 radical (unpaired) electrons. The van der Waals surface area contributed by atoms with Crippen LogP contribution in [0.15, 0.2) is 18.5 Å². The van der Waals surface area contributed by atoms with Crippen LogP contribution in [0, 0.1) is 6.92 Å². The van der Waals surface area contributed by atoms with E-state index in [9.17, 15) is 4.79 Å². The van der Waals surface area contributed by atoms with Gasteiger partial charge in [0, 0.05) is 12.4 Å². The van der Waals surface area contributed by atoms with Crippen LogP contribution in [0.25, 0.3) is 0 Å². The van der Waals surface area contributed by atoms with Crippen molar-refractivity contribution in [3.63, 3.8) is 0 Å². The predicted octanol–water partition coefficient (Wildman–Crippen LogP) is 2.35. The Morgan fingerprint density at radius 3 is 2.50 bits per heavy atom. The van der Waals surface area contributed by atoms with Crippen LogP contribution >= 0.6 is 0 Å². The molecule has 0 aromatic carbocycles. The zero-order chi connectivity index (χ0) is 10.8. The standard InChI is InChI=1S/C11H15NO2/c1-8-5-9(7-12-6-8)10(13)14-11(2,3)4/h5-7H,1-4H3. The third kappa shape index (κ3) is 3.17. The van der Waals surface area contributed by atoms with Gasteiger partial charge in [-0.05, 0) is 39.3 Å². The summed E-state index contributed by atoms with van der Waals surface area (Å²) < 4.78 is 5.20. The Morgan fingerprint density at radius 1 is 1.36 bits per heavy atom. The molecular formula is C11H15NO2. The van der Waals surface area contributed by atoms with Gasteiger partial charge in [0.05, 0.1) is 5.56 Å². The van der Waals surface area contributed by atoms with Crippen molar-refractivity contribution in [1.29, 1.82) is 0 Å². The first-order valence-corrected chi connectivity index (χ1v) is 4.53. The van der Waals surface area contributed by atoms with E-state index in [1.165, 1.54) is 6.20 Å². The molecule has 0 spiro atoms. The summed E-state index contributed by atoms with van der Waals surface area (Å²) in [5, 5.41) is 0. The Bertz CT molecular complexity index is 339. The largest absolute Gasteiger partial charge is 0.456 e. The van der Waals surface area contributed by atoms with E-state index in [0.29, 0.717) is 5.56 Å². The quantitative estimate of drug-likeness (QED) is 0.642. The Kier molecular flexibility index (Phi) is 2.89. The number of hydrogen-bond acceptors (Lipinski definition) is 3. The lowest BCUT2D eigenvalue weighted by molar-refractivity contribution is 0.00690. The normalized spacial score (nSPS) is 11.1. The van der Waals surface area contributed by atoms with E-state index in [0.717, 1.165) is 5.56 Å². The summed E-state index contributed by atoms with van der Waals surface area (Å²) in [6.45, 7) is 7.41. The molecule has 0 bridgehead atoms. The minimum absolute atomic E-state index is 0.325. The van der Waals surface area contributed by atoms with Crippen molar-refractivity contribution in [1.82, 2.24) is 4.98 Å². The summed E-state index contributed by atoms with van der Waals surface area (Å²) in [4.78, 5) is 15.5. The number of aryl methyl sites for hydroxylation is 1. The Hall–Kier alpha value is -1.38.